The number of benzene rings is 1. The lowest BCUT2D eigenvalue weighted by Crippen LogP contribution is -2.30. The Balaban J connectivity index is 1.50. The van der Waals surface area contributed by atoms with Crippen molar-refractivity contribution in [2.75, 3.05) is 16.4 Å². The molecule has 10 heteroatoms. The van der Waals surface area contributed by atoms with Crippen LogP contribution in [0, 0.1) is 5.92 Å². The van der Waals surface area contributed by atoms with Crippen LogP contribution in [0.2, 0.25) is 0 Å². The number of nitrogens with zero attached hydrogens (tertiary/aromatic N) is 1. The van der Waals surface area contributed by atoms with Crippen LogP contribution in [0.4, 0.5) is 22.0 Å². The number of hydrogen-bond donors (Lipinski definition) is 4. The number of hydrogen-bond acceptors (Lipinski definition) is 6. The van der Waals surface area contributed by atoms with Crippen LogP contribution in [0.15, 0.2) is 48.7 Å². The van der Waals surface area contributed by atoms with Crippen molar-refractivity contribution in [2.24, 2.45) is 5.92 Å². The fourth-order valence-corrected chi connectivity index (χ4v) is 5.88. The second-order valence-corrected chi connectivity index (χ2v) is 12.7. The topological polar surface area (TPSA) is 133 Å². The number of rotatable bonds is 8. The molecule has 37 heavy (non-hydrogen) atoms. The van der Waals surface area contributed by atoms with E-state index in [4.69, 9.17) is 0 Å². The maximum Gasteiger partial charge on any atom is 0.320 e. The van der Waals surface area contributed by atoms with Crippen LogP contribution in [0.25, 0.3) is 11.3 Å². The monoisotopic (exact) mass is 521 g/mol. The molecular formula is C27H31N5O4S. The van der Waals surface area contributed by atoms with E-state index in [0.717, 1.165) is 24.1 Å². The summed E-state index contributed by atoms with van der Waals surface area (Å²) in [6.45, 7) is 3.33. The molecule has 1 saturated carbocycles. The van der Waals surface area contributed by atoms with Gasteiger partial charge < -0.3 is 15.6 Å². The SMILES string of the molecule is CC(C)S(=O)(=O)CC1CC(=O)c2c([nH]c(-c3ccnc(NC(=O)NC4CC4)c3)c2Nc2ccccc2)C1. The highest BCUT2D eigenvalue weighted by Gasteiger charge is 2.34. The molecule has 5 rings (SSSR count). The van der Waals surface area contributed by atoms with Gasteiger partial charge in [-0.1, -0.05) is 18.2 Å². The van der Waals surface area contributed by atoms with Gasteiger partial charge in [-0.05, 0) is 63.3 Å². The number of para-hydroxylation sites is 1. The summed E-state index contributed by atoms with van der Waals surface area (Å²) >= 11 is 0. The van der Waals surface area contributed by atoms with Gasteiger partial charge in [-0.15, -0.1) is 0 Å². The molecule has 0 saturated heterocycles. The summed E-state index contributed by atoms with van der Waals surface area (Å²) in [5.41, 5.74) is 4.14. The average Bonchev–Trinajstić information content (AvgIpc) is 3.58. The van der Waals surface area contributed by atoms with Crippen molar-refractivity contribution in [1.29, 1.82) is 0 Å². The van der Waals surface area contributed by atoms with Crippen LogP contribution in [-0.4, -0.2) is 47.2 Å². The third-order valence-electron chi connectivity index (χ3n) is 6.76. The van der Waals surface area contributed by atoms with Crippen molar-refractivity contribution >= 4 is 38.8 Å². The summed E-state index contributed by atoms with van der Waals surface area (Å²) < 4.78 is 25.1. The number of sulfone groups is 1. The van der Waals surface area contributed by atoms with Crippen molar-refractivity contribution in [3.8, 4) is 11.3 Å². The van der Waals surface area contributed by atoms with Crippen molar-refractivity contribution < 1.29 is 18.0 Å². The lowest BCUT2D eigenvalue weighted by Gasteiger charge is -2.23. The molecule has 2 amide bonds. The van der Waals surface area contributed by atoms with Crippen LogP contribution >= 0.6 is 0 Å². The van der Waals surface area contributed by atoms with Crippen molar-refractivity contribution in [3.05, 3.63) is 59.9 Å². The summed E-state index contributed by atoms with van der Waals surface area (Å²) in [4.78, 5) is 33.3. The van der Waals surface area contributed by atoms with Gasteiger partial charge in [-0.2, -0.15) is 0 Å². The number of Topliss-reactive ketones (excluding diaryl/α,β-unsaturated/α-hetero) is 1. The van der Waals surface area contributed by atoms with Crippen molar-refractivity contribution in [3.63, 3.8) is 0 Å². The van der Waals surface area contributed by atoms with Crippen LogP contribution in [-0.2, 0) is 16.3 Å². The quantitative estimate of drug-likeness (QED) is 0.340. The number of fused-ring (bicyclic) bond motifs is 1. The Bertz CT molecular complexity index is 1430. The molecule has 0 radical (unpaired) electrons. The summed E-state index contributed by atoms with van der Waals surface area (Å²) in [5.74, 6) is -0.0156. The molecule has 0 aliphatic heterocycles. The molecule has 2 heterocycles. The van der Waals surface area contributed by atoms with Crippen LogP contribution in [0.5, 0.6) is 0 Å². The predicted octanol–water partition coefficient (Wildman–Crippen LogP) is 4.67. The number of aromatic nitrogens is 2. The largest absolute Gasteiger partial charge is 0.356 e. The first kappa shape index (κ1) is 25.0. The number of pyridine rings is 1. The first-order valence-electron chi connectivity index (χ1n) is 12.5. The summed E-state index contributed by atoms with van der Waals surface area (Å²) in [5, 5.41) is 8.56. The summed E-state index contributed by atoms with van der Waals surface area (Å²) in [6, 6.07) is 13.0. The minimum atomic E-state index is -3.29. The Kier molecular flexibility index (Phi) is 6.76. The van der Waals surface area contributed by atoms with E-state index in [9.17, 15) is 18.0 Å². The highest BCUT2D eigenvalue weighted by atomic mass is 32.2. The number of aromatic amines is 1. The minimum Gasteiger partial charge on any atom is -0.356 e. The maximum absolute atomic E-state index is 13.4. The van der Waals surface area contributed by atoms with E-state index in [1.54, 1.807) is 26.1 Å². The zero-order valence-electron chi connectivity index (χ0n) is 20.9. The molecular weight excluding hydrogens is 490 g/mol. The third kappa shape index (κ3) is 5.69. The van der Waals surface area contributed by atoms with Crippen LogP contribution in [0.3, 0.4) is 0 Å². The van der Waals surface area contributed by atoms with Gasteiger partial charge in [0.15, 0.2) is 15.6 Å². The van der Waals surface area contributed by atoms with Gasteiger partial charge in [0, 0.05) is 35.6 Å². The van der Waals surface area contributed by atoms with E-state index < -0.39 is 15.1 Å². The number of amides is 2. The van der Waals surface area contributed by atoms with Gasteiger partial charge in [-0.25, -0.2) is 18.2 Å². The maximum atomic E-state index is 13.4. The fraction of sp³-hybridized carbons (Fsp3) is 0.370. The van der Waals surface area contributed by atoms with Gasteiger partial charge in [-0.3, -0.25) is 10.1 Å². The fourth-order valence-electron chi connectivity index (χ4n) is 4.60. The van der Waals surface area contributed by atoms with Crippen LogP contribution < -0.4 is 16.0 Å². The molecule has 194 valence electrons. The standard InChI is InChI=1S/C27H31N5O4S/c1-16(2)37(35,36)15-17-12-21-24(22(33)13-17)26(29-19-6-4-3-5-7-19)25(31-21)18-10-11-28-23(14-18)32-27(34)30-20-8-9-20/h3-7,10-11,14,16-17,20,29,31H,8-9,12-13,15H2,1-2H3,(H2,28,30,32,34). The van der Waals surface area contributed by atoms with Gasteiger partial charge in [0.2, 0.25) is 0 Å². The Morgan fingerprint density at radius 1 is 1.14 bits per heavy atom. The number of anilines is 3. The molecule has 0 spiro atoms. The van der Waals surface area contributed by atoms with Crippen molar-refractivity contribution in [2.45, 2.75) is 50.8 Å². The molecule has 4 N–H and O–H groups in total. The molecule has 9 nitrogen and oxygen atoms in total. The Morgan fingerprint density at radius 2 is 1.89 bits per heavy atom. The molecule has 2 aliphatic rings. The number of carbonyl (C=O) groups is 2. The molecule has 2 aliphatic carbocycles. The summed E-state index contributed by atoms with van der Waals surface area (Å²) in [6.07, 6.45) is 4.20. The van der Waals surface area contributed by atoms with Gasteiger partial charge in [0.25, 0.3) is 0 Å². The second kappa shape index (κ2) is 10.0. The molecule has 1 atom stereocenters. The van der Waals surface area contributed by atoms with Crippen molar-refractivity contribution in [1.82, 2.24) is 15.3 Å². The van der Waals surface area contributed by atoms with Crippen LogP contribution in [0.1, 0.15) is 49.2 Å². The van der Waals surface area contributed by atoms with E-state index in [-0.39, 0.29) is 35.9 Å². The second-order valence-electron chi connectivity index (χ2n) is 10.1. The predicted molar refractivity (Wildman–Crippen MR) is 144 cm³/mol. The lowest BCUT2D eigenvalue weighted by molar-refractivity contribution is 0.0954. The molecule has 2 aromatic heterocycles. The summed E-state index contributed by atoms with van der Waals surface area (Å²) in [7, 11) is -3.29. The van der Waals surface area contributed by atoms with E-state index in [0.29, 0.717) is 34.9 Å². The Morgan fingerprint density at radius 3 is 2.59 bits per heavy atom. The molecule has 3 aromatic rings. The molecule has 1 aromatic carbocycles. The Hall–Kier alpha value is -3.66. The smallest absolute Gasteiger partial charge is 0.320 e. The van der Waals surface area contributed by atoms with Gasteiger partial charge in [0.05, 0.1) is 27.9 Å². The van der Waals surface area contributed by atoms with E-state index in [2.05, 4.69) is 25.9 Å². The third-order valence-corrected chi connectivity index (χ3v) is 9.13. The first-order chi connectivity index (χ1) is 17.7. The number of carbonyl (C=O) groups excluding carboxylic acids is 2. The van der Waals surface area contributed by atoms with E-state index in [1.165, 1.54) is 0 Å². The molecule has 1 unspecified atom stereocenters. The highest BCUT2D eigenvalue weighted by Crippen LogP contribution is 2.40. The lowest BCUT2D eigenvalue weighted by atomic mass is 9.87. The molecule has 0 bridgehead atoms. The zero-order chi connectivity index (χ0) is 26.2. The number of urea groups is 1. The normalized spacial score (nSPS) is 17.4. The zero-order valence-corrected chi connectivity index (χ0v) is 21.7. The van der Waals surface area contributed by atoms with E-state index >= 15 is 0 Å². The highest BCUT2D eigenvalue weighted by molar-refractivity contribution is 7.91. The number of ketones is 1. The minimum absolute atomic E-state index is 0.0227. The Labute approximate surface area is 216 Å². The van der Waals surface area contributed by atoms with E-state index in [1.807, 2.05) is 36.4 Å². The first-order valence-corrected chi connectivity index (χ1v) is 14.3. The molecule has 1 fully saturated rings. The number of H-pyrrole nitrogens is 1. The average molecular weight is 522 g/mol. The number of nitrogens with one attached hydrogen (secondary N) is 4. The van der Waals surface area contributed by atoms with Gasteiger partial charge in [0.1, 0.15) is 5.82 Å². The van der Waals surface area contributed by atoms with Gasteiger partial charge >= 0.3 is 6.03 Å².